The summed E-state index contributed by atoms with van der Waals surface area (Å²) in [5.74, 6) is 5.47. The molecule has 4 saturated carbocycles. The molecule has 1 aromatic heterocycles. The highest BCUT2D eigenvalue weighted by Gasteiger charge is 2.50. The van der Waals surface area contributed by atoms with Gasteiger partial charge in [0.25, 0.3) is 0 Å². The second-order valence-corrected chi connectivity index (χ2v) is 7.18. The first-order valence-corrected chi connectivity index (χ1v) is 7.98. The summed E-state index contributed by atoms with van der Waals surface area (Å²) in [6.45, 7) is 2.22. The molecule has 0 radical (unpaired) electrons. The average molecular weight is 259 g/mol. The molecule has 0 saturated heterocycles. The zero-order valence-electron chi connectivity index (χ0n) is 12.1. The number of aryl methyl sites for hydroxylation is 1. The average Bonchev–Trinajstić information content (AvgIpc) is 2.64. The number of nitrogen functional groups attached to an aromatic ring is 1. The monoisotopic (exact) mass is 259 g/mol. The molecule has 19 heavy (non-hydrogen) atoms. The minimum absolute atomic E-state index is 0.714. The van der Waals surface area contributed by atoms with E-state index in [2.05, 4.69) is 6.92 Å². The lowest BCUT2D eigenvalue weighted by Crippen LogP contribution is -2.44. The van der Waals surface area contributed by atoms with Gasteiger partial charge in [0.15, 0.2) is 0 Å². The van der Waals surface area contributed by atoms with Crippen LogP contribution in [0.15, 0.2) is 0 Å². The third-order valence-electron chi connectivity index (χ3n) is 6.12. The lowest BCUT2D eigenvalue weighted by molar-refractivity contribution is -0.00456. The molecule has 5 rings (SSSR count). The Morgan fingerprint density at radius 3 is 2.21 bits per heavy atom. The Balaban J connectivity index is 1.75. The third kappa shape index (κ3) is 1.60. The van der Waals surface area contributed by atoms with Crippen LogP contribution in [0, 0.1) is 23.7 Å². The van der Waals surface area contributed by atoms with Crippen molar-refractivity contribution in [2.24, 2.45) is 30.7 Å². The number of anilines is 1. The summed E-state index contributed by atoms with van der Waals surface area (Å²) in [6, 6.07) is 0. The van der Waals surface area contributed by atoms with Crippen LogP contribution in [-0.2, 0) is 13.5 Å². The highest BCUT2D eigenvalue weighted by Crippen LogP contribution is 2.60. The van der Waals surface area contributed by atoms with Gasteiger partial charge in [0, 0.05) is 18.5 Å². The maximum absolute atomic E-state index is 6.21. The molecular weight excluding hydrogens is 234 g/mol. The van der Waals surface area contributed by atoms with E-state index in [1.165, 1.54) is 43.4 Å². The van der Waals surface area contributed by atoms with E-state index < -0.39 is 0 Å². The fraction of sp³-hybridized carbons (Fsp3) is 0.812. The minimum Gasteiger partial charge on any atom is -0.384 e. The highest BCUT2D eigenvalue weighted by atomic mass is 15.3. The molecular formula is C16H25N3. The van der Waals surface area contributed by atoms with Crippen molar-refractivity contribution in [2.45, 2.75) is 51.4 Å². The predicted octanol–water partition coefficient (Wildman–Crippen LogP) is 3.10. The Morgan fingerprint density at radius 1 is 1.11 bits per heavy atom. The van der Waals surface area contributed by atoms with Gasteiger partial charge in [-0.1, -0.05) is 6.92 Å². The van der Waals surface area contributed by atoms with Gasteiger partial charge in [0.1, 0.15) is 5.82 Å². The number of aromatic nitrogens is 2. The van der Waals surface area contributed by atoms with Crippen LogP contribution in [0.5, 0.6) is 0 Å². The van der Waals surface area contributed by atoms with Gasteiger partial charge in [-0.2, -0.15) is 5.10 Å². The lowest BCUT2D eigenvalue weighted by atomic mass is 9.51. The Kier molecular flexibility index (Phi) is 2.49. The van der Waals surface area contributed by atoms with E-state index in [0.717, 1.165) is 35.9 Å². The van der Waals surface area contributed by atoms with Crippen molar-refractivity contribution in [3.8, 4) is 0 Å². The molecule has 3 nitrogen and oxygen atoms in total. The van der Waals surface area contributed by atoms with Crippen molar-refractivity contribution in [3.63, 3.8) is 0 Å². The Bertz CT molecular complexity index is 474. The summed E-state index contributed by atoms with van der Waals surface area (Å²) in [5.41, 5.74) is 8.90. The van der Waals surface area contributed by atoms with Crippen LogP contribution in [0.2, 0.25) is 0 Å². The van der Waals surface area contributed by atoms with E-state index in [4.69, 9.17) is 10.8 Å². The molecule has 4 aliphatic rings. The van der Waals surface area contributed by atoms with Crippen molar-refractivity contribution in [2.75, 3.05) is 5.73 Å². The summed E-state index contributed by atoms with van der Waals surface area (Å²) >= 11 is 0. The quantitative estimate of drug-likeness (QED) is 0.887. The van der Waals surface area contributed by atoms with Crippen molar-refractivity contribution in [3.05, 3.63) is 11.3 Å². The molecule has 0 spiro atoms. The fourth-order valence-corrected chi connectivity index (χ4v) is 5.60. The molecule has 0 aromatic carbocycles. The molecule has 1 heterocycles. The Morgan fingerprint density at radius 2 is 1.68 bits per heavy atom. The van der Waals surface area contributed by atoms with E-state index in [9.17, 15) is 0 Å². The SMILES string of the molecule is CCc1c(C2C3CC4CC(C3)CC2C4)nn(C)c1N. The lowest BCUT2D eigenvalue weighted by Gasteiger charge is -2.54. The molecule has 2 N–H and O–H groups in total. The molecule has 0 unspecified atom stereocenters. The van der Waals surface area contributed by atoms with Crippen LogP contribution >= 0.6 is 0 Å². The van der Waals surface area contributed by atoms with Gasteiger partial charge in [0.05, 0.1) is 5.69 Å². The van der Waals surface area contributed by atoms with E-state index in [1.807, 2.05) is 11.7 Å². The summed E-state index contributed by atoms with van der Waals surface area (Å²) in [7, 11) is 1.99. The van der Waals surface area contributed by atoms with E-state index in [0.29, 0.717) is 5.92 Å². The molecule has 104 valence electrons. The van der Waals surface area contributed by atoms with E-state index in [-0.39, 0.29) is 0 Å². The van der Waals surface area contributed by atoms with Crippen molar-refractivity contribution in [1.82, 2.24) is 9.78 Å². The Hall–Kier alpha value is -0.990. The van der Waals surface area contributed by atoms with E-state index >= 15 is 0 Å². The summed E-state index contributed by atoms with van der Waals surface area (Å²) < 4.78 is 1.90. The molecule has 4 fully saturated rings. The fourth-order valence-electron chi connectivity index (χ4n) is 5.60. The largest absolute Gasteiger partial charge is 0.384 e. The summed E-state index contributed by atoms with van der Waals surface area (Å²) in [5, 5.41) is 4.82. The van der Waals surface area contributed by atoms with Crippen LogP contribution in [0.4, 0.5) is 5.82 Å². The van der Waals surface area contributed by atoms with Crippen molar-refractivity contribution in [1.29, 1.82) is 0 Å². The molecule has 0 amide bonds. The van der Waals surface area contributed by atoms with Gasteiger partial charge in [-0.3, -0.25) is 4.68 Å². The highest BCUT2D eigenvalue weighted by molar-refractivity contribution is 5.45. The molecule has 4 bridgehead atoms. The standard InChI is InChI=1S/C16H25N3/c1-3-13-15(18-19(2)16(13)17)14-11-5-9-4-10(7-11)8-12(14)6-9/h9-12,14H,3-8,17H2,1-2H3. The van der Waals surface area contributed by atoms with Gasteiger partial charge < -0.3 is 5.73 Å². The van der Waals surface area contributed by atoms with Gasteiger partial charge in [0.2, 0.25) is 0 Å². The second-order valence-electron chi connectivity index (χ2n) is 7.18. The molecule has 3 heteroatoms. The van der Waals surface area contributed by atoms with Crippen molar-refractivity contribution < 1.29 is 0 Å². The molecule has 1 aromatic rings. The smallest absolute Gasteiger partial charge is 0.124 e. The number of nitrogens with zero attached hydrogens (tertiary/aromatic N) is 2. The Labute approximate surface area is 115 Å². The normalized spacial score (nSPS) is 40.0. The van der Waals surface area contributed by atoms with Gasteiger partial charge >= 0.3 is 0 Å². The number of nitrogens with two attached hydrogens (primary N) is 1. The molecule has 0 atom stereocenters. The zero-order chi connectivity index (χ0) is 13.1. The van der Waals surface area contributed by atoms with Gasteiger partial charge in [-0.25, -0.2) is 0 Å². The minimum atomic E-state index is 0.714. The van der Waals surface area contributed by atoms with Crippen molar-refractivity contribution >= 4 is 5.82 Å². The van der Waals surface area contributed by atoms with Crippen LogP contribution < -0.4 is 5.73 Å². The molecule has 4 aliphatic carbocycles. The topological polar surface area (TPSA) is 43.8 Å². The first kappa shape index (κ1) is 11.8. The first-order chi connectivity index (χ1) is 9.17. The second kappa shape index (κ2) is 4.00. The number of rotatable bonds is 2. The van der Waals surface area contributed by atoms with Crippen LogP contribution in [-0.4, -0.2) is 9.78 Å². The maximum atomic E-state index is 6.21. The predicted molar refractivity (Wildman–Crippen MR) is 76.8 cm³/mol. The van der Waals surface area contributed by atoms with Crippen LogP contribution in [0.3, 0.4) is 0 Å². The van der Waals surface area contributed by atoms with Gasteiger partial charge in [-0.15, -0.1) is 0 Å². The maximum Gasteiger partial charge on any atom is 0.124 e. The van der Waals surface area contributed by atoms with Crippen LogP contribution in [0.1, 0.15) is 56.2 Å². The molecule has 0 aliphatic heterocycles. The van der Waals surface area contributed by atoms with Gasteiger partial charge in [-0.05, 0) is 62.2 Å². The summed E-state index contributed by atoms with van der Waals surface area (Å²) in [4.78, 5) is 0. The first-order valence-electron chi connectivity index (χ1n) is 7.98. The summed E-state index contributed by atoms with van der Waals surface area (Å²) in [6.07, 6.45) is 8.37. The number of hydrogen-bond acceptors (Lipinski definition) is 2. The van der Waals surface area contributed by atoms with E-state index in [1.54, 1.807) is 0 Å². The third-order valence-corrected chi connectivity index (χ3v) is 6.12. The number of hydrogen-bond donors (Lipinski definition) is 1. The van der Waals surface area contributed by atoms with Crippen LogP contribution in [0.25, 0.3) is 0 Å². The zero-order valence-corrected chi connectivity index (χ0v) is 12.1.